The topological polar surface area (TPSA) is 84.3 Å². The van der Waals surface area contributed by atoms with Gasteiger partial charge in [0, 0.05) is 25.3 Å². The fourth-order valence-corrected chi connectivity index (χ4v) is 4.49. The van der Waals surface area contributed by atoms with Crippen molar-refractivity contribution in [3.8, 4) is 5.69 Å². The minimum Gasteiger partial charge on any atom is -0.345 e. The monoisotopic (exact) mass is 486 g/mol. The Hall–Kier alpha value is -3.91. The number of anilines is 1. The standard InChI is InChI=1S/C27H26N4O3S/c1-17-8-7-11-23(18(17)2)31-26(34)21-9-5-6-10-22(21)29-27(31)35-16-24(32)28-20-14-12-19(13-15-20)25(33)30(3)4/h5-15H,16H2,1-4H3,(H,28,32). The van der Waals surface area contributed by atoms with E-state index in [1.165, 1.54) is 16.7 Å². The largest absolute Gasteiger partial charge is 0.345 e. The summed E-state index contributed by atoms with van der Waals surface area (Å²) in [6.07, 6.45) is 0. The van der Waals surface area contributed by atoms with Gasteiger partial charge in [-0.1, -0.05) is 36.0 Å². The molecule has 7 nitrogen and oxygen atoms in total. The van der Waals surface area contributed by atoms with E-state index in [1.54, 1.807) is 55.1 Å². The summed E-state index contributed by atoms with van der Waals surface area (Å²) in [4.78, 5) is 44.4. The number of para-hydroxylation sites is 1. The fraction of sp³-hybridized carbons (Fsp3) is 0.185. The molecule has 2 amide bonds. The van der Waals surface area contributed by atoms with Gasteiger partial charge >= 0.3 is 0 Å². The van der Waals surface area contributed by atoms with Gasteiger partial charge in [-0.2, -0.15) is 0 Å². The smallest absolute Gasteiger partial charge is 0.266 e. The molecule has 35 heavy (non-hydrogen) atoms. The van der Waals surface area contributed by atoms with Crippen molar-refractivity contribution in [1.29, 1.82) is 0 Å². The number of amides is 2. The van der Waals surface area contributed by atoms with Crippen LogP contribution in [0.25, 0.3) is 16.6 Å². The molecule has 0 saturated heterocycles. The number of fused-ring (bicyclic) bond motifs is 1. The Balaban J connectivity index is 1.60. The zero-order valence-electron chi connectivity index (χ0n) is 20.0. The minimum absolute atomic E-state index is 0.0635. The van der Waals surface area contributed by atoms with Gasteiger partial charge < -0.3 is 10.2 Å². The quantitative estimate of drug-likeness (QED) is 0.322. The molecule has 0 bridgehead atoms. The second-order valence-electron chi connectivity index (χ2n) is 8.38. The highest BCUT2D eigenvalue weighted by atomic mass is 32.2. The maximum absolute atomic E-state index is 13.5. The number of nitrogens with one attached hydrogen (secondary N) is 1. The first kappa shape index (κ1) is 24.2. The Morgan fingerprint density at radius 1 is 0.971 bits per heavy atom. The molecule has 1 aromatic heterocycles. The van der Waals surface area contributed by atoms with Crippen molar-refractivity contribution < 1.29 is 9.59 Å². The van der Waals surface area contributed by atoms with Gasteiger partial charge in [-0.05, 0) is 67.4 Å². The molecular weight excluding hydrogens is 460 g/mol. The lowest BCUT2D eigenvalue weighted by Gasteiger charge is -2.16. The highest BCUT2D eigenvalue weighted by molar-refractivity contribution is 7.99. The van der Waals surface area contributed by atoms with E-state index in [9.17, 15) is 14.4 Å². The highest BCUT2D eigenvalue weighted by Crippen LogP contribution is 2.24. The van der Waals surface area contributed by atoms with E-state index in [0.717, 1.165) is 16.8 Å². The van der Waals surface area contributed by atoms with Gasteiger partial charge in [-0.15, -0.1) is 0 Å². The number of aryl methyl sites for hydroxylation is 1. The molecule has 1 N–H and O–H groups in total. The molecule has 0 aliphatic rings. The van der Waals surface area contributed by atoms with Gasteiger partial charge in [0.25, 0.3) is 11.5 Å². The van der Waals surface area contributed by atoms with Crippen molar-refractivity contribution in [2.75, 3.05) is 25.2 Å². The van der Waals surface area contributed by atoms with Crippen molar-refractivity contribution in [3.05, 3.63) is 93.8 Å². The Labute approximate surface area is 207 Å². The third-order valence-electron chi connectivity index (χ3n) is 5.72. The van der Waals surface area contributed by atoms with Crippen molar-refractivity contribution in [2.24, 2.45) is 0 Å². The lowest BCUT2D eigenvalue weighted by Crippen LogP contribution is -2.23. The van der Waals surface area contributed by atoms with Crippen LogP contribution in [0.2, 0.25) is 0 Å². The van der Waals surface area contributed by atoms with Crippen LogP contribution in [0.5, 0.6) is 0 Å². The number of thioether (sulfide) groups is 1. The van der Waals surface area contributed by atoms with Crippen LogP contribution in [0.1, 0.15) is 21.5 Å². The first-order valence-corrected chi connectivity index (χ1v) is 12.1. The van der Waals surface area contributed by atoms with Crippen LogP contribution in [-0.2, 0) is 4.79 Å². The number of hydrogen-bond acceptors (Lipinski definition) is 5. The maximum atomic E-state index is 13.5. The zero-order valence-corrected chi connectivity index (χ0v) is 20.8. The molecule has 0 fully saturated rings. The maximum Gasteiger partial charge on any atom is 0.266 e. The first-order chi connectivity index (χ1) is 16.8. The third-order valence-corrected chi connectivity index (χ3v) is 6.65. The molecule has 0 aliphatic carbocycles. The summed E-state index contributed by atoms with van der Waals surface area (Å²) in [6, 6.07) is 19.7. The lowest BCUT2D eigenvalue weighted by atomic mass is 10.1. The van der Waals surface area contributed by atoms with E-state index in [4.69, 9.17) is 4.98 Å². The fourth-order valence-electron chi connectivity index (χ4n) is 3.68. The van der Waals surface area contributed by atoms with Crippen LogP contribution in [0.3, 0.4) is 0 Å². The second-order valence-corrected chi connectivity index (χ2v) is 9.33. The molecule has 8 heteroatoms. The summed E-state index contributed by atoms with van der Waals surface area (Å²) in [5, 5.41) is 3.81. The third kappa shape index (κ3) is 5.12. The predicted molar refractivity (Wildman–Crippen MR) is 141 cm³/mol. The Morgan fingerprint density at radius 3 is 2.40 bits per heavy atom. The molecule has 0 aliphatic heterocycles. The van der Waals surface area contributed by atoms with Crippen LogP contribution in [0.4, 0.5) is 5.69 Å². The van der Waals surface area contributed by atoms with Crippen molar-refractivity contribution in [2.45, 2.75) is 19.0 Å². The van der Waals surface area contributed by atoms with Gasteiger partial charge in [0.05, 0.1) is 22.3 Å². The summed E-state index contributed by atoms with van der Waals surface area (Å²) in [5.74, 6) is -0.282. The average molecular weight is 487 g/mol. The van der Waals surface area contributed by atoms with Gasteiger partial charge in [-0.3, -0.25) is 19.0 Å². The zero-order chi connectivity index (χ0) is 25.1. The average Bonchev–Trinajstić information content (AvgIpc) is 2.85. The summed E-state index contributed by atoms with van der Waals surface area (Å²) in [6.45, 7) is 3.97. The van der Waals surface area contributed by atoms with Crippen molar-refractivity contribution >= 4 is 40.2 Å². The summed E-state index contributed by atoms with van der Waals surface area (Å²) in [7, 11) is 3.38. The second kappa shape index (κ2) is 10.1. The van der Waals surface area contributed by atoms with E-state index < -0.39 is 0 Å². The summed E-state index contributed by atoms with van der Waals surface area (Å²) >= 11 is 1.20. The SMILES string of the molecule is Cc1cccc(-n2c(SCC(=O)Nc3ccc(C(=O)N(C)C)cc3)nc3ccccc3c2=O)c1C. The number of hydrogen-bond donors (Lipinski definition) is 1. The first-order valence-electron chi connectivity index (χ1n) is 11.1. The van der Waals surface area contributed by atoms with Gasteiger partial charge in [0.2, 0.25) is 5.91 Å². The van der Waals surface area contributed by atoms with E-state index >= 15 is 0 Å². The molecule has 0 unspecified atom stereocenters. The van der Waals surface area contributed by atoms with Crippen LogP contribution in [0.15, 0.2) is 76.7 Å². The van der Waals surface area contributed by atoms with E-state index in [-0.39, 0.29) is 23.1 Å². The van der Waals surface area contributed by atoms with Crippen LogP contribution in [-0.4, -0.2) is 46.1 Å². The number of nitrogens with zero attached hydrogens (tertiary/aromatic N) is 3. The Bertz CT molecular complexity index is 1480. The number of rotatable bonds is 6. The number of carbonyl (C=O) groups excluding carboxylic acids is 2. The minimum atomic E-state index is -0.239. The van der Waals surface area contributed by atoms with E-state index in [2.05, 4.69) is 5.32 Å². The van der Waals surface area contributed by atoms with Gasteiger partial charge in [-0.25, -0.2) is 4.98 Å². The van der Waals surface area contributed by atoms with Gasteiger partial charge in [0.1, 0.15) is 0 Å². The molecule has 4 aromatic rings. The number of carbonyl (C=O) groups is 2. The van der Waals surface area contributed by atoms with Crippen LogP contribution >= 0.6 is 11.8 Å². The molecule has 3 aromatic carbocycles. The van der Waals surface area contributed by atoms with E-state index in [1.807, 2.05) is 44.2 Å². The molecule has 1 heterocycles. The Kier molecular flexibility index (Phi) is 7.02. The molecule has 0 spiro atoms. The molecule has 178 valence electrons. The molecular formula is C27H26N4O3S. The lowest BCUT2D eigenvalue weighted by molar-refractivity contribution is -0.113. The number of aromatic nitrogens is 2. The van der Waals surface area contributed by atoms with Crippen LogP contribution < -0.4 is 10.9 Å². The van der Waals surface area contributed by atoms with Crippen molar-refractivity contribution in [3.63, 3.8) is 0 Å². The Morgan fingerprint density at radius 2 is 1.69 bits per heavy atom. The molecule has 0 saturated carbocycles. The summed E-state index contributed by atoms with van der Waals surface area (Å²) in [5.41, 5.74) is 4.33. The molecule has 4 rings (SSSR count). The van der Waals surface area contributed by atoms with Crippen molar-refractivity contribution in [1.82, 2.24) is 14.5 Å². The number of benzene rings is 3. The summed E-state index contributed by atoms with van der Waals surface area (Å²) < 4.78 is 1.59. The van der Waals surface area contributed by atoms with Gasteiger partial charge in [0.15, 0.2) is 5.16 Å². The molecule has 0 atom stereocenters. The predicted octanol–water partition coefficient (Wildman–Crippen LogP) is 4.44. The van der Waals surface area contributed by atoms with E-state index in [0.29, 0.717) is 27.3 Å². The highest BCUT2D eigenvalue weighted by Gasteiger charge is 2.17. The normalized spacial score (nSPS) is 10.9. The van der Waals surface area contributed by atoms with Crippen LogP contribution in [0, 0.1) is 13.8 Å². The molecule has 0 radical (unpaired) electrons.